The van der Waals surface area contributed by atoms with E-state index in [-0.39, 0.29) is 18.1 Å². The Morgan fingerprint density at radius 3 is 2.45 bits per heavy atom. The molecule has 0 amide bonds. The number of benzene rings is 2. The topological polar surface area (TPSA) is 63.2 Å². The van der Waals surface area contributed by atoms with Gasteiger partial charge in [-0.2, -0.15) is 0 Å². The number of sulfone groups is 1. The Morgan fingerprint density at radius 1 is 1.14 bits per heavy atom. The zero-order chi connectivity index (χ0) is 16.2. The average molecular weight is 338 g/mol. The molecule has 0 bridgehead atoms. The van der Waals surface area contributed by atoms with Crippen LogP contribution in [0.3, 0.4) is 0 Å². The van der Waals surface area contributed by atoms with Gasteiger partial charge in [0.15, 0.2) is 5.78 Å². The van der Waals surface area contributed by atoms with Crippen LogP contribution in [0.25, 0.3) is 0 Å². The van der Waals surface area contributed by atoms with Gasteiger partial charge in [-0.3, -0.25) is 4.79 Å². The maximum Gasteiger partial charge on any atom is 0.195 e. The maximum atomic E-state index is 12.6. The fraction of sp³-hybridized carbons (Fsp3) is 0.188. The van der Waals surface area contributed by atoms with Gasteiger partial charge >= 0.3 is 0 Å². The van der Waals surface area contributed by atoms with Crippen LogP contribution in [0.15, 0.2) is 48.5 Å². The summed E-state index contributed by atoms with van der Waals surface area (Å²) in [6, 6.07) is 13.8. The number of carbonyl (C=O) groups excluding carboxylic acids is 1. The Balaban J connectivity index is 2.26. The molecule has 1 N–H and O–H groups in total. The van der Waals surface area contributed by atoms with Crippen molar-refractivity contribution >= 4 is 32.9 Å². The molecule has 0 heterocycles. The van der Waals surface area contributed by atoms with Crippen molar-refractivity contribution in [2.45, 2.75) is 0 Å². The molecule has 0 saturated heterocycles. The molecule has 0 aliphatic carbocycles. The highest BCUT2D eigenvalue weighted by molar-refractivity contribution is 7.90. The molecule has 6 heteroatoms. The van der Waals surface area contributed by atoms with Crippen LogP contribution >= 0.6 is 11.6 Å². The van der Waals surface area contributed by atoms with Crippen LogP contribution in [-0.2, 0) is 9.84 Å². The van der Waals surface area contributed by atoms with Crippen LogP contribution < -0.4 is 5.32 Å². The highest BCUT2D eigenvalue weighted by atomic mass is 35.5. The van der Waals surface area contributed by atoms with Gasteiger partial charge in [-0.1, -0.05) is 41.9 Å². The van der Waals surface area contributed by atoms with Gasteiger partial charge in [-0.25, -0.2) is 8.42 Å². The van der Waals surface area contributed by atoms with Crippen molar-refractivity contribution in [1.82, 2.24) is 0 Å². The minimum Gasteiger partial charge on any atom is -0.383 e. The molecule has 2 rings (SSSR count). The van der Waals surface area contributed by atoms with Crippen LogP contribution in [0, 0.1) is 0 Å². The first kappa shape index (κ1) is 16.5. The van der Waals surface area contributed by atoms with E-state index in [1.54, 1.807) is 42.5 Å². The third-order valence-electron chi connectivity index (χ3n) is 3.05. The summed E-state index contributed by atoms with van der Waals surface area (Å²) in [4.78, 5) is 12.6. The lowest BCUT2D eigenvalue weighted by atomic mass is 10.0. The fourth-order valence-corrected chi connectivity index (χ4v) is 2.62. The fourth-order valence-electron chi connectivity index (χ4n) is 1.97. The van der Waals surface area contributed by atoms with Crippen LogP contribution in [0.4, 0.5) is 5.69 Å². The quantitative estimate of drug-likeness (QED) is 0.823. The van der Waals surface area contributed by atoms with Crippen molar-refractivity contribution in [3.8, 4) is 0 Å². The van der Waals surface area contributed by atoms with E-state index in [2.05, 4.69) is 5.32 Å². The molecule has 0 atom stereocenters. The van der Waals surface area contributed by atoms with Crippen LogP contribution in [0.1, 0.15) is 15.9 Å². The van der Waals surface area contributed by atoms with Gasteiger partial charge in [-0.05, 0) is 18.2 Å². The summed E-state index contributed by atoms with van der Waals surface area (Å²) in [6.45, 7) is 0.232. The van der Waals surface area contributed by atoms with Gasteiger partial charge in [-0.15, -0.1) is 0 Å². The van der Waals surface area contributed by atoms with Crippen LogP contribution in [0.2, 0.25) is 5.02 Å². The number of nitrogens with one attached hydrogen (secondary N) is 1. The Kier molecular flexibility index (Phi) is 5.21. The lowest BCUT2D eigenvalue weighted by Crippen LogP contribution is -2.16. The Labute approximate surface area is 135 Å². The normalized spacial score (nSPS) is 11.2. The molecular weight excluding hydrogens is 322 g/mol. The van der Waals surface area contributed by atoms with Gasteiger partial charge in [0.1, 0.15) is 9.84 Å². The van der Waals surface area contributed by atoms with Gasteiger partial charge in [0.2, 0.25) is 0 Å². The first-order valence-electron chi connectivity index (χ1n) is 6.68. The Hall–Kier alpha value is -1.85. The number of carbonyl (C=O) groups is 1. The first-order chi connectivity index (χ1) is 10.4. The number of anilines is 1. The van der Waals surface area contributed by atoms with Crippen molar-refractivity contribution in [2.75, 3.05) is 23.9 Å². The van der Waals surface area contributed by atoms with Crippen molar-refractivity contribution in [2.24, 2.45) is 0 Å². The molecule has 0 fully saturated rings. The second-order valence-corrected chi connectivity index (χ2v) is 7.64. The van der Waals surface area contributed by atoms with Gasteiger partial charge in [0.05, 0.1) is 5.75 Å². The Morgan fingerprint density at radius 2 is 1.82 bits per heavy atom. The third-order valence-corrected chi connectivity index (χ3v) is 4.23. The summed E-state index contributed by atoms with van der Waals surface area (Å²) < 4.78 is 22.4. The van der Waals surface area contributed by atoms with E-state index in [1.807, 2.05) is 6.07 Å². The predicted octanol–water partition coefficient (Wildman–Crippen LogP) is 3.03. The molecule has 0 aliphatic rings. The minimum atomic E-state index is -3.06. The summed E-state index contributed by atoms with van der Waals surface area (Å²) in [5.74, 6) is -0.167. The second-order valence-electron chi connectivity index (χ2n) is 4.94. The maximum absolute atomic E-state index is 12.6. The number of halogens is 1. The van der Waals surface area contributed by atoms with Gasteiger partial charge in [0.25, 0.3) is 0 Å². The van der Waals surface area contributed by atoms with Gasteiger partial charge < -0.3 is 5.32 Å². The third kappa shape index (κ3) is 4.58. The summed E-state index contributed by atoms with van der Waals surface area (Å²) in [7, 11) is -3.06. The summed E-state index contributed by atoms with van der Waals surface area (Å²) in [6.07, 6.45) is 1.17. The highest BCUT2D eigenvalue weighted by Crippen LogP contribution is 2.23. The largest absolute Gasteiger partial charge is 0.383 e. The zero-order valence-corrected chi connectivity index (χ0v) is 13.6. The van der Waals surface area contributed by atoms with E-state index in [9.17, 15) is 13.2 Å². The first-order valence-corrected chi connectivity index (χ1v) is 9.11. The molecule has 2 aromatic rings. The van der Waals surface area contributed by atoms with E-state index >= 15 is 0 Å². The van der Waals surface area contributed by atoms with Crippen LogP contribution in [0.5, 0.6) is 0 Å². The highest BCUT2D eigenvalue weighted by Gasteiger charge is 2.14. The second kappa shape index (κ2) is 6.94. The average Bonchev–Trinajstić information content (AvgIpc) is 2.47. The smallest absolute Gasteiger partial charge is 0.195 e. The number of ketones is 1. The molecule has 2 aromatic carbocycles. The molecule has 0 saturated carbocycles. The Bertz CT molecular complexity index is 773. The van der Waals surface area contributed by atoms with Crippen molar-refractivity contribution in [3.05, 3.63) is 64.7 Å². The molecular formula is C16H16ClNO3S. The molecule has 0 spiro atoms. The van der Waals surface area contributed by atoms with Crippen molar-refractivity contribution < 1.29 is 13.2 Å². The predicted molar refractivity (Wildman–Crippen MR) is 89.5 cm³/mol. The number of rotatable bonds is 6. The van der Waals surface area contributed by atoms with Crippen molar-refractivity contribution in [3.63, 3.8) is 0 Å². The standard InChI is InChI=1S/C16H16ClNO3S/c1-22(20,21)10-9-18-15-8-7-13(17)11-14(15)16(19)12-5-3-2-4-6-12/h2-8,11,18H,9-10H2,1H3. The molecule has 22 heavy (non-hydrogen) atoms. The molecule has 4 nitrogen and oxygen atoms in total. The number of hydrogen-bond donors (Lipinski definition) is 1. The lowest BCUT2D eigenvalue weighted by molar-refractivity contribution is 0.103. The molecule has 0 aromatic heterocycles. The van der Waals surface area contributed by atoms with E-state index in [0.29, 0.717) is 21.8 Å². The van der Waals surface area contributed by atoms with E-state index in [0.717, 1.165) is 0 Å². The monoisotopic (exact) mass is 337 g/mol. The SMILES string of the molecule is CS(=O)(=O)CCNc1ccc(Cl)cc1C(=O)c1ccccc1. The van der Waals surface area contributed by atoms with E-state index in [4.69, 9.17) is 11.6 Å². The van der Waals surface area contributed by atoms with Gasteiger partial charge in [0, 0.05) is 34.6 Å². The van der Waals surface area contributed by atoms with E-state index < -0.39 is 9.84 Å². The van der Waals surface area contributed by atoms with E-state index in [1.165, 1.54) is 6.26 Å². The molecule has 0 aliphatic heterocycles. The molecule has 116 valence electrons. The molecule has 0 radical (unpaired) electrons. The summed E-state index contributed by atoms with van der Waals surface area (Å²) >= 11 is 5.98. The van der Waals surface area contributed by atoms with Crippen molar-refractivity contribution in [1.29, 1.82) is 0 Å². The zero-order valence-electron chi connectivity index (χ0n) is 12.0. The van der Waals surface area contributed by atoms with Crippen LogP contribution in [-0.4, -0.2) is 32.8 Å². The lowest BCUT2D eigenvalue weighted by Gasteiger charge is -2.11. The molecule has 0 unspecified atom stereocenters. The summed E-state index contributed by atoms with van der Waals surface area (Å²) in [5.41, 5.74) is 1.55. The minimum absolute atomic E-state index is 0.00536. The summed E-state index contributed by atoms with van der Waals surface area (Å²) in [5, 5.41) is 3.44. The number of hydrogen-bond acceptors (Lipinski definition) is 4.